The molecule has 182 valence electrons. The topological polar surface area (TPSA) is 123 Å². The van der Waals surface area contributed by atoms with E-state index in [9.17, 15) is 9.59 Å². The van der Waals surface area contributed by atoms with E-state index in [1.54, 1.807) is 22.4 Å². The van der Waals surface area contributed by atoms with Gasteiger partial charge in [-0.3, -0.25) is 14.2 Å². The SMILES string of the molecule is CC(C)C[C@@H]1NC(=O)[C@@H](Cc2cc3ccccc3[nH]2)n2c1nc1cc(-c3nnnn3C)ccc1c2=O. The number of hydrogen-bond donors (Lipinski definition) is 2. The first-order valence-electron chi connectivity index (χ1n) is 12.0. The third-order valence-corrected chi connectivity index (χ3v) is 6.76. The monoisotopic (exact) mass is 482 g/mol. The average Bonchev–Trinajstić information content (AvgIpc) is 3.46. The summed E-state index contributed by atoms with van der Waals surface area (Å²) in [5.41, 5.74) is 2.99. The molecule has 36 heavy (non-hydrogen) atoms. The van der Waals surface area contributed by atoms with Gasteiger partial charge < -0.3 is 10.3 Å². The Hall–Kier alpha value is -4.34. The molecule has 2 N–H and O–H groups in total. The molecule has 2 atom stereocenters. The molecule has 0 spiro atoms. The lowest BCUT2D eigenvalue weighted by atomic mass is 9.97. The minimum absolute atomic E-state index is 0.170. The molecule has 2 aromatic carbocycles. The highest BCUT2D eigenvalue weighted by molar-refractivity contribution is 5.86. The molecule has 1 amide bonds. The fourth-order valence-electron chi connectivity index (χ4n) is 5.10. The maximum atomic E-state index is 13.9. The Bertz CT molecular complexity index is 1650. The van der Waals surface area contributed by atoms with Gasteiger partial charge in [0, 0.05) is 30.2 Å². The Morgan fingerprint density at radius 2 is 1.92 bits per heavy atom. The van der Waals surface area contributed by atoms with Gasteiger partial charge in [0.1, 0.15) is 11.9 Å². The van der Waals surface area contributed by atoms with Crippen molar-refractivity contribution in [1.82, 2.24) is 40.1 Å². The van der Waals surface area contributed by atoms with E-state index >= 15 is 0 Å². The number of carbonyl (C=O) groups excluding carboxylic acids is 1. The van der Waals surface area contributed by atoms with Crippen LogP contribution in [0.2, 0.25) is 0 Å². The fourth-order valence-corrected chi connectivity index (χ4v) is 5.10. The zero-order chi connectivity index (χ0) is 25.0. The number of benzene rings is 2. The fraction of sp³-hybridized carbons (Fsp3) is 0.308. The van der Waals surface area contributed by atoms with Crippen molar-refractivity contribution in [3.63, 3.8) is 0 Å². The van der Waals surface area contributed by atoms with E-state index in [1.165, 1.54) is 0 Å². The van der Waals surface area contributed by atoms with E-state index < -0.39 is 6.04 Å². The number of nitrogens with one attached hydrogen (secondary N) is 2. The van der Waals surface area contributed by atoms with Crippen molar-refractivity contribution in [2.75, 3.05) is 0 Å². The summed E-state index contributed by atoms with van der Waals surface area (Å²) in [5.74, 6) is 1.30. The molecule has 0 aliphatic carbocycles. The van der Waals surface area contributed by atoms with E-state index in [2.05, 4.69) is 39.7 Å². The molecule has 0 saturated carbocycles. The summed E-state index contributed by atoms with van der Waals surface area (Å²) in [5, 5.41) is 16.3. The summed E-state index contributed by atoms with van der Waals surface area (Å²) in [4.78, 5) is 35.6. The summed E-state index contributed by atoms with van der Waals surface area (Å²) >= 11 is 0. The van der Waals surface area contributed by atoms with Crippen LogP contribution < -0.4 is 10.9 Å². The second kappa shape index (κ2) is 8.40. The summed E-state index contributed by atoms with van der Waals surface area (Å²) in [6, 6.07) is 14.3. The maximum absolute atomic E-state index is 13.9. The highest BCUT2D eigenvalue weighted by Crippen LogP contribution is 2.31. The van der Waals surface area contributed by atoms with Crippen molar-refractivity contribution in [2.24, 2.45) is 13.0 Å². The first kappa shape index (κ1) is 22.1. The molecule has 0 unspecified atom stereocenters. The number of rotatable bonds is 5. The van der Waals surface area contributed by atoms with Gasteiger partial charge in [0.15, 0.2) is 5.82 Å². The molecule has 4 heterocycles. The predicted octanol–water partition coefficient (Wildman–Crippen LogP) is 3.07. The molecule has 5 aromatic rings. The summed E-state index contributed by atoms with van der Waals surface area (Å²) < 4.78 is 3.17. The van der Waals surface area contributed by atoms with Gasteiger partial charge in [-0.25, -0.2) is 9.67 Å². The Kier molecular flexibility index (Phi) is 5.17. The number of para-hydroxylation sites is 1. The number of amides is 1. The second-order valence-corrected chi connectivity index (χ2v) is 9.80. The molecule has 1 aliphatic heterocycles. The van der Waals surface area contributed by atoms with Crippen molar-refractivity contribution in [1.29, 1.82) is 0 Å². The molecule has 0 saturated heterocycles. The van der Waals surface area contributed by atoms with E-state index in [0.717, 1.165) is 22.2 Å². The van der Waals surface area contributed by atoms with Crippen molar-refractivity contribution >= 4 is 27.7 Å². The van der Waals surface area contributed by atoms with Crippen LogP contribution in [-0.4, -0.2) is 40.6 Å². The molecular formula is C26H26N8O2. The zero-order valence-electron chi connectivity index (χ0n) is 20.3. The Balaban J connectivity index is 1.50. The Morgan fingerprint density at radius 1 is 1.08 bits per heavy atom. The first-order chi connectivity index (χ1) is 17.4. The minimum atomic E-state index is -0.705. The molecule has 1 aliphatic rings. The average molecular weight is 483 g/mol. The molecular weight excluding hydrogens is 456 g/mol. The van der Waals surface area contributed by atoms with Crippen molar-refractivity contribution < 1.29 is 4.79 Å². The third-order valence-electron chi connectivity index (χ3n) is 6.76. The van der Waals surface area contributed by atoms with Crippen LogP contribution in [0.5, 0.6) is 0 Å². The van der Waals surface area contributed by atoms with E-state index in [1.807, 2.05) is 42.5 Å². The standard InChI is InChI=1S/C26H26N8O2/c1-14(2)10-21-24-28-20-12-16(23-30-31-32-33(23)3)8-9-18(20)26(36)34(24)22(25(35)29-21)13-17-11-15-6-4-5-7-19(15)27-17/h4-9,11-12,14,21-22,27H,10,13H2,1-3H3,(H,29,35)/t21-,22+/m0/s1. The highest BCUT2D eigenvalue weighted by atomic mass is 16.2. The molecule has 0 bridgehead atoms. The van der Waals surface area contributed by atoms with Gasteiger partial charge >= 0.3 is 0 Å². The van der Waals surface area contributed by atoms with Crippen molar-refractivity contribution in [3.05, 3.63) is 70.4 Å². The summed E-state index contributed by atoms with van der Waals surface area (Å²) in [7, 11) is 1.76. The number of nitrogens with zero attached hydrogens (tertiary/aromatic N) is 6. The quantitative estimate of drug-likeness (QED) is 0.397. The second-order valence-electron chi connectivity index (χ2n) is 9.80. The van der Waals surface area contributed by atoms with Crippen LogP contribution >= 0.6 is 0 Å². The van der Waals surface area contributed by atoms with Crippen LogP contribution in [0, 0.1) is 5.92 Å². The van der Waals surface area contributed by atoms with Gasteiger partial charge in [0.25, 0.3) is 5.56 Å². The van der Waals surface area contributed by atoms with Crippen LogP contribution in [0.25, 0.3) is 33.2 Å². The minimum Gasteiger partial charge on any atom is -0.358 e. The highest BCUT2D eigenvalue weighted by Gasteiger charge is 2.36. The van der Waals surface area contributed by atoms with Gasteiger partial charge in [-0.1, -0.05) is 38.1 Å². The number of carbonyl (C=O) groups is 1. The van der Waals surface area contributed by atoms with E-state index in [-0.39, 0.29) is 17.5 Å². The predicted molar refractivity (Wildman–Crippen MR) is 135 cm³/mol. The molecule has 0 radical (unpaired) electrons. The van der Waals surface area contributed by atoms with Gasteiger partial charge in [0.05, 0.1) is 16.9 Å². The van der Waals surface area contributed by atoms with Crippen molar-refractivity contribution in [3.8, 4) is 11.4 Å². The molecule has 6 rings (SSSR count). The van der Waals surface area contributed by atoms with Gasteiger partial charge in [-0.2, -0.15) is 0 Å². The van der Waals surface area contributed by atoms with Crippen LogP contribution in [0.3, 0.4) is 0 Å². The maximum Gasteiger partial charge on any atom is 0.262 e. The first-order valence-corrected chi connectivity index (χ1v) is 12.0. The number of aromatic nitrogens is 7. The van der Waals surface area contributed by atoms with E-state index in [4.69, 9.17) is 4.98 Å². The lowest BCUT2D eigenvalue weighted by Gasteiger charge is -2.33. The zero-order valence-corrected chi connectivity index (χ0v) is 20.3. The molecule has 10 nitrogen and oxygen atoms in total. The number of aryl methyl sites for hydroxylation is 1. The van der Waals surface area contributed by atoms with Gasteiger partial charge in [-0.05, 0) is 52.4 Å². The number of tetrazole rings is 1. The lowest BCUT2D eigenvalue weighted by molar-refractivity contribution is -0.126. The normalized spacial score (nSPS) is 17.6. The number of aromatic amines is 1. The summed E-state index contributed by atoms with van der Waals surface area (Å²) in [6.07, 6.45) is 1.04. The molecule has 3 aromatic heterocycles. The molecule has 0 fully saturated rings. The van der Waals surface area contributed by atoms with Crippen LogP contribution in [0.1, 0.15) is 43.9 Å². The summed E-state index contributed by atoms with van der Waals surface area (Å²) in [6.45, 7) is 4.18. The van der Waals surface area contributed by atoms with Crippen LogP contribution in [-0.2, 0) is 18.3 Å². The lowest BCUT2D eigenvalue weighted by Crippen LogP contribution is -2.48. The van der Waals surface area contributed by atoms with Crippen molar-refractivity contribution in [2.45, 2.75) is 38.8 Å². The van der Waals surface area contributed by atoms with Gasteiger partial charge in [0.2, 0.25) is 5.91 Å². The van der Waals surface area contributed by atoms with E-state index in [0.29, 0.717) is 41.3 Å². The smallest absolute Gasteiger partial charge is 0.262 e. The van der Waals surface area contributed by atoms with Crippen LogP contribution in [0.15, 0.2) is 53.3 Å². The third kappa shape index (κ3) is 3.65. The number of fused-ring (bicyclic) bond motifs is 3. The Morgan fingerprint density at radius 3 is 2.67 bits per heavy atom. The number of H-pyrrole nitrogens is 1. The molecule has 10 heteroatoms. The number of hydrogen-bond acceptors (Lipinski definition) is 6. The van der Waals surface area contributed by atoms with Gasteiger partial charge in [-0.15, -0.1) is 5.10 Å². The van der Waals surface area contributed by atoms with Crippen LogP contribution in [0.4, 0.5) is 0 Å². The largest absolute Gasteiger partial charge is 0.358 e. The Labute approximate surface area is 206 Å².